The van der Waals surface area contributed by atoms with Crippen LogP contribution in [0, 0.1) is 0 Å². The molecule has 7 heteroatoms. The van der Waals surface area contributed by atoms with Crippen LogP contribution in [0.5, 0.6) is 11.5 Å². The maximum absolute atomic E-state index is 12.5. The summed E-state index contributed by atoms with van der Waals surface area (Å²) in [6.45, 7) is 3.08. The van der Waals surface area contributed by atoms with Gasteiger partial charge in [-0.3, -0.25) is 4.90 Å². The summed E-state index contributed by atoms with van der Waals surface area (Å²) in [7, 11) is -1.65. The van der Waals surface area contributed by atoms with Crippen molar-refractivity contribution < 1.29 is 17.9 Å². The Morgan fingerprint density at radius 2 is 1.97 bits per heavy atom. The highest BCUT2D eigenvalue weighted by atomic mass is 32.2. The highest BCUT2D eigenvalue weighted by Gasteiger charge is 2.38. The van der Waals surface area contributed by atoms with E-state index in [4.69, 9.17) is 9.47 Å². The molecule has 3 aromatic rings. The first-order valence-corrected chi connectivity index (χ1v) is 12.4. The molecule has 0 spiro atoms. The van der Waals surface area contributed by atoms with Gasteiger partial charge in [-0.2, -0.15) is 0 Å². The minimum Gasteiger partial charge on any atom is -0.493 e. The van der Waals surface area contributed by atoms with Gasteiger partial charge in [0.15, 0.2) is 11.5 Å². The first kappa shape index (κ1) is 21.5. The third-order valence-corrected chi connectivity index (χ3v) is 6.63. The molecule has 31 heavy (non-hydrogen) atoms. The number of nitrogens with one attached hydrogen (secondary N) is 1. The number of ether oxygens (including phenoxy) is 2. The number of aromatic nitrogens is 1. The summed E-state index contributed by atoms with van der Waals surface area (Å²) in [5, 5.41) is 0. The summed E-state index contributed by atoms with van der Waals surface area (Å²) in [4.78, 5) is 5.41. The molecule has 6 nitrogen and oxygen atoms in total. The summed E-state index contributed by atoms with van der Waals surface area (Å²) in [6, 6.07) is 15.7. The molecule has 0 bridgehead atoms. The average Bonchev–Trinajstić information content (AvgIpc) is 3.39. The average molecular weight is 441 g/mol. The second-order valence-corrected chi connectivity index (χ2v) is 10.1. The normalized spacial score (nSPS) is 17.3. The lowest BCUT2D eigenvalue weighted by molar-refractivity contribution is 0.182. The van der Waals surface area contributed by atoms with Crippen molar-refractivity contribution in [3.8, 4) is 11.5 Å². The number of methoxy groups -OCH3 is 1. The topological polar surface area (TPSA) is 71.6 Å². The maximum atomic E-state index is 12.5. The second kappa shape index (κ2) is 8.77. The zero-order chi connectivity index (χ0) is 22.0. The quantitative estimate of drug-likeness (QED) is 0.571. The van der Waals surface area contributed by atoms with Crippen molar-refractivity contribution in [1.29, 1.82) is 0 Å². The molecule has 0 fully saturated rings. The number of fused-ring (bicyclic) bond motifs is 1. The van der Waals surface area contributed by atoms with Gasteiger partial charge in [0.1, 0.15) is 9.84 Å². The number of H-pyrrole nitrogens is 1. The standard InChI is InChI=1S/C24H28N2O4S/c1-4-30-23-13-17(9-10-22(23)29-2)21(16-31(3,27)28)26-15-19-7-5-6-8-20(19)24(26)18-11-12-25-14-18/h5-14,21,24-25H,4,15-16H2,1-3H3. The zero-order valence-corrected chi connectivity index (χ0v) is 18.9. The van der Waals surface area contributed by atoms with E-state index in [1.165, 1.54) is 17.4 Å². The Bertz CT molecular complexity index is 1140. The predicted molar refractivity (Wildman–Crippen MR) is 121 cm³/mol. The predicted octanol–water partition coefficient (Wildman–Crippen LogP) is 4.11. The number of sulfone groups is 1. The van der Waals surface area contributed by atoms with Crippen molar-refractivity contribution in [1.82, 2.24) is 9.88 Å². The molecule has 0 amide bonds. The molecule has 1 aliphatic heterocycles. The molecule has 1 aliphatic rings. The van der Waals surface area contributed by atoms with Crippen molar-refractivity contribution in [2.24, 2.45) is 0 Å². The van der Waals surface area contributed by atoms with E-state index in [2.05, 4.69) is 28.1 Å². The van der Waals surface area contributed by atoms with Crippen LogP contribution in [0.15, 0.2) is 60.9 Å². The fraction of sp³-hybridized carbons (Fsp3) is 0.333. The molecule has 0 saturated heterocycles. The molecule has 0 saturated carbocycles. The van der Waals surface area contributed by atoms with Crippen LogP contribution in [0.3, 0.4) is 0 Å². The molecule has 2 atom stereocenters. The number of benzene rings is 2. The van der Waals surface area contributed by atoms with Crippen LogP contribution in [0.2, 0.25) is 0 Å². The molecule has 2 aromatic carbocycles. The third-order valence-electron chi connectivity index (χ3n) is 5.71. The van der Waals surface area contributed by atoms with E-state index in [0.717, 1.165) is 11.1 Å². The third kappa shape index (κ3) is 4.48. The van der Waals surface area contributed by atoms with Crippen LogP contribution in [0.1, 0.15) is 41.3 Å². The van der Waals surface area contributed by atoms with Crippen LogP contribution in [0.4, 0.5) is 0 Å². The number of aromatic amines is 1. The Morgan fingerprint density at radius 3 is 2.65 bits per heavy atom. The van der Waals surface area contributed by atoms with Crippen molar-refractivity contribution in [2.45, 2.75) is 25.6 Å². The fourth-order valence-electron chi connectivity index (χ4n) is 4.42. The molecule has 2 unspecified atom stereocenters. The van der Waals surface area contributed by atoms with Gasteiger partial charge in [-0.05, 0) is 47.4 Å². The van der Waals surface area contributed by atoms with Gasteiger partial charge in [-0.25, -0.2) is 8.42 Å². The van der Waals surface area contributed by atoms with E-state index < -0.39 is 9.84 Å². The van der Waals surface area contributed by atoms with Gasteiger partial charge < -0.3 is 14.5 Å². The van der Waals surface area contributed by atoms with Gasteiger partial charge in [0, 0.05) is 25.2 Å². The Kier molecular flexibility index (Phi) is 6.07. The summed E-state index contributed by atoms with van der Waals surface area (Å²) in [6.07, 6.45) is 5.18. The molecule has 1 N–H and O–H groups in total. The molecule has 4 rings (SSSR count). The molecule has 0 aliphatic carbocycles. The van der Waals surface area contributed by atoms with Gasteiger partial charge in [-0.1, -0.05) is 30.3 Å². The van der Waals surface area contributed by atoms with Gasteiger partial charge in [0.2, 0.25) is 0 Å². The van der Waals surface area contributed by atoms with Crippen LogP contribution in [-0.2, 0) is 16.4 Å². The van der Waals surface area contributed by atoms with Crippen LogP contribution in [0.25, 0.3) is 0 Å². The molecule has 2 heterocycles. The Labute approximate surface area is 183 Å². The molecule has 164 valence electrons. The molecule has 0 radical (unpaired) electrons. The van der Waals surface area contributed by atoms with Crippen molar-refractivity contribution in [2.75, 3.05) is 25.7 Å². The highest BCUT2D eigenvalue weighted by Crippen LogP contribution is 2.45. The summed E-state index contributed by atoms with van der Waals surface area (Å²) in [5.41, 5.74) is 4.43. The molecular formula is C24H28N2O4S. The van der Waals surface area contributed by atoms with E-state index in [1.807, 2.05) is 49.6 Å². The van der Waals surface area contributed by atoms with Crippen LogP contribution < -0.4 is 9.47 Å². The van der Waals surface area contributed by atoms with E-state index in [0.29, 0.717) is 24.7 Å². The van der Waals surface area contributed by atoms with Gasteiger partial charge >= 0.3 is 0 Å². The van der Waals surface area contributed by atoms with Gasteiger partial charge in [0.05, 0.1) is 31.6 Å². The summed E-state index contributed by atoms with van der Waals surface area (Å²) >= 11 is 0. The Morgan fingerprint density at radius 1 is 1.16 bits per heavy atom. The molecule has 1 aromatic heterocycles. The Balaban J connectivity index is 1.82. The second-order valence-electron chi connectivity index (χ2n) is 7.87. The van der Waals surface area contributed by atoms with Gasteiger partial charge in [-0.15, -0.1) is 0 Å². The smallest absolute Gasteiger partial charge is 0.161 e. The van der Waals surface area contributed by atoms with Crippen molar-refractivity contribution in [3.63, 3.8) is 0 Å². The van der Waals surface area contributed by atoms with Gasteiger partial charge in [0.25, 0.3) is 0 Å². The lowest BCUT2D eigenvalue weighted by atomic mass is 9.98. The lowest BCUT2D eigenvalue weighted by Gasteiger charge is -2.33. The number of nitrogens with zero attached hydrogens (tertiary/aromatic N) is 1. The Hall–Kier alpha value is -2.77. The number of hydrogen-bond donors (Lipinski definition) is 1. The monoisotopic (exact) mass is 440 g/mol. The van der Waals surface area contributed by atoms with Crippen LogP contribution in [-0.4, -0.2) is 44.0 Å². The first-order chi connectivity index (χ1) is 14.9. The van der Waals surface area contributed by atoms with Crippen molar-refractivity contribution in [3.05, 3.63) is 83.2 Å². The van der Waals surface area contributed by atoms with Crippen LogP contribution >= 0.6 is 0 Å². The van der Waals surface area contributed by atoms with E-state index in [1.54, 1.807) is 7.11 Å². The largest absolute Gasteiger partial charge is 0.493 e. The number of rotatable bonds is 8. The van der Waals surface area contributed by atoms with E-state index in [-0.39, 0.29) is 17.8 Å². The minimum atomic E-state index is -3.25. The minimum absolute atomic E-state index is 0.0137. The van der Waals surface area contributed by atoms with E-state index in [9.17, 15) is 8.42 Å². The number of hydrogen-bond acceptors (Lipinski definition) is 5. The SMILES string of the molecule is CCOc1cc(C(CS(C)(=O)=O)N2Cc3ccccc3C2c2cc[nH]c2)ccc1OC. The summed E-state index contributed by atoms with van der Waals surface area (Å²) in [5.74, 6) is 1.27. The maximum Gasteiger partial charge on any atom is 0.161 e. The first-order valence-electron chi connectivity index (χ1n) is 10.4. The molecular weight excluding hydrogens is 412 g/mol. The summed E-state index contributed by atoms with van der Waals surface area (Å²) < 4.78 is 36.2. The fourth-order valence-corrected chi connectivity index (χ4v) is 5.38. The van der Waals surface area contributed by atoms with E-state index >= 15 is 0 Å². The lowest BCUT2D eigenvalue weighted by Crippen LogP contribution is -2.32. The zero-order valence-electron chi connectivity index (χ0n) is 18.0. The highest BCUT2D eigenvalue weighted by molar-refractivity contribution is 7.90. The van der Waals surface area contributed by atoms with Crippen molar-refractivity contribution >= 4 is 9.84 Å².